The topological polar surface area (TPSA) is 26.3 Å². The summed E-state index contributed by atoms with van der Waals surface area (Å²) in [6.07, 6.45) is -7.22. The van der Waals surface area contributed by atoms with Crippen LogP contribution in [-0.2, 0) is 19.9 Å². The maximum atomic E-state index is 15.4. The molecular weight excluding hydrogens is 1020 g/mol. The highest BCUT2D eigenvalue weighted by atomic mass is 32.2. The van der Waals surface area contributed by atoms with Gasteiger partial charge in [0, 0.05) is 11.1 Å². The standard InChI is InChI=1S/C24BF20.C23H21O2S/c26-5-1(6(27)14(35)21(42)13(5)34)25(2-7(28)15(36)22(43)16(37)8(2)29,3-9(30)17(38)23(44)18(39)10(3)31)4-11(32)19(40)24(45)20(41)12(4)33;1-2-25-22-15-13-21(14-16-22)19-26(24,23-11-7-4-8-12-23)18-17-20-9-5-3-6-10-20/h;3-16H,2,19H2,1H3/q-1;+1. The van der Waals surface area contributed by atoms with Gasteiger partial charge in [0.2, 0.25) is 0 Å². The molecule has 370 valence electrons. The highest BCUT2D eigenvalue weighted by molar-refractivity contribution is 8.06. The lowest BCUT2D eigenvalue weighted by molar-refractivity contribution is 0.340. The summed E-state index contributed by atoms with van der Waals surface area (Å²) < 4.78 is 313. The van der Waals surface area contributed by atoms with Crippen molar-refractivity contribution in [3.63, 3.8) is 0 Å². The van der Waals surface area contributed by atoms with Crippen molar-refractivity contribution in [2.24, 2.45) is 0 Å². The van der Waals surface area contributed by atoms with Crippen molar-refractivity contribution in [3.8, 4) is 16.9 Å². The number of benzene rings is 7. The Bertz CT molecular complexity index is 2950. The molecule has 0 N–H and O–H groups in total. The van der Waals surface area contributed by atoms with Gasteiger partial charge in [-0.3, -0.25) is 0 Å². The molecule has 1 atom stereocenters. The van der Waals surface area contributed by atoms with E-state index in [2.05, 4.69) is 11.2 Å². The van der Waals surface area contributed by atoms with Crippen molar-refractivity contribution in [3.05, 3.63) is 212 Å². The summed E-state index contributed by atoms with van der Waals surface area (Å²) in [6.45, 7) is 2.58. The van der Waals surface area contributed by atoms with Crippen LogP contribution in [0, 0.1) is 128 Å². The zero-order valence-electron chi connectivity index (χ0n) is 34.9. The van der Waals surface area contributed by atoms with Gasteiger partial charge in [-0.2, -0.15) is 0 Å². The van der Waals surface area contributed by atoms with Crippen LogP contribution in [0.1, 0.15) is 18.1 Å². The van der Waals surface area contributed by atoms with E-state index in [0.29, 0.717) is 12.4 Å². The number of rotatable bonds is 9. The van der Waals surface area contributed by atoms with Crippen molar-refractivity contribution < 1.29 is 96.8 Å². The summed E-state index contributed by atoms with van der Waals surface area (Å²) in [4.78, 5) is 0.761. The molecule has 0 radical (unpaired) electrons. The van der Waals surface area contributed by atoms with Gasteiger partial charge in [-0.15, -0.1) is 21.9 Å². The van der Waals surface area contributed by atoms with Crippen LogP contribution in [0.4, 0.5) is 87.8 Å². The Balaban J connectivity index is 0.000000268. The first-order valence-corrected chi connectivity index (χ1v) is 21.2. The van der Waals surface area contributed by atoms with E-state index in [4.69, 9.17) is 4.74 Å². The minimum Gasteiger partial charge on any atom is -0.494 e. The van der Waals surface area contributed by atoms with Gasteiger partial charge in [0.05, 0.1) is 6.61 Å². The summed E-state index contributed by atoms with van der Waals surface area (Å²) in [5.74, 6) is -67.1. The predicted octanol–water partition coefficient (Wildman–Crippen LogP) is 11.0. The van der Waals surface area contributed by atoms with Gasteiger partial charge in [-0.05, 0) is 49.2 Å². The third-order valence-corrected chi connectivity index (χ3v) is 12.8. The molecule has 1 unspecified atom stereocenters. The lowest BCUT2D eigenvalue weighted by Gasteiger charge is -2.44. The molecule has 0 aromatic heterocycles. The molecule has 7 aromatic carbocycles. The van der Waals surface area contributed by atoms with Crippen LogP contribution < -0.4 is 26.6 Å². The molecule has 0 aliphatic rings. The van der Waals surface area contributed by atoms with E-state index in [1.54, 1.807) is 0 Å². The van der Waals surface area contributed by atoms with Crippen molar-refractivity contribution in [1.82, 2.24) is 0 Å². The molecule has 0 spiro atoms. The second kappa shape index (κ2) is 20.6. The van der Waals surface area contributed by atoms with Crippen LogP contribution in [0.15, 0.2) is 89.8 Å². The van der Waals surface area contributed by atoms with E-state index in [9.17, 15) is 56.9 Å². The van der Waals surface area contributed by atoms with Gasteiger partial charge in [0.1, 0.15) is 58.4 Å². The normalized spacial score (nSPS) is 12.2. The van der Waals surface area contributed by atoms with E-state index in [0.717, 1.165) is 21.8 Å². The molecule has 0 saturated heterocycles. The number of hydrogen-bond donors (Lipinski definition) is 0. The Hall–Kier alpha value is -7.29. The Morgan fingerprint density at radius 2 is 0.676 bits per heavy atom. The molecule has 24 heteroatoms. The molecule has 0 heterocycles. The Morgan fingerprint density at radius 3 is 0.972 bits per heavy atom. The van der Waals surface area contributed by atoms with Crippen molar-refractivity contribution in [1.29, 1.82) is 0 Å². The molecule has 0 saturated carbocycles. The first-order valence-electron chi connectivity index (χ1n) is 19.5. The molecule has 0 aliphatic carbocycles. The van der Waals surface area contributed by atoms with Crippen LogP contribution in [0.25, 0.3) is 0 Å². The van der Waals surface area contributed by atoms with Crippen LogP contribution >= 0.6 is 0 Å². The summed E-state index contributed by atoms with van der Waals surface area (Å²) in [5, 5.41) is 3.06. The van der Waals surface area contributed by atoms with Gasteiger partial charge in [-0.25, -0.2) is 87.8 Å². The predicted molar refractivity (Wildman–Crippen MR) is 217 cm³/mol. The Morgan fingerprint density at radius 1 is 0.394 bits per heavy atom. The monoisotopic (exact) mass is 1040 g/mol. The third-order valence-electron chi connectivity index (χ3n) is 10.6. The second-order valence-corrected chi connectivity index (χ2v) is 16.9. The van der Waals surface area contributed by atoms with E-state index < -0.39 is 154 Å². The third kappa shape index (κ3) is 9.18. The smallest absolute Gasteiger partial charge is 0.200 e. The largest absolute Gasteiger partial charge is 0.494 e. The minimum atomic E-state index is -7.22. The molecule has 0 amide bonds. The lowest BCUT2D eigenvalue weighted by Crippen LogP contribution is -2.81. The SMILES string of the molecule is CCOc1ccc(C[S+](=O)(C#Cc2ccccc2)c2ccccc2)cc1.Fc1c(F)c(F)c([B-](c2c(F)c(F)c(F)c(F)c2F)(c2c(F)c(F)c(F)c(F)c2F)c2c(F)c(F)c(F)c(F)c2F)c(F)c1F. The van der Waals surface area contributed by atoms with Gasteiger partial charge < -0.3 is 4.74 Å². The molecule has 7 aromatic rings. The maximum absolute atomic E-state index is 15.4. The molecule has 0 bridgehead atoms. The van der Waals surface area contributed by atoms with E-state index in [-0.39, 0.29) is 0 Å². The Labute approximate surface area is 387 Å². The van der Waals surface area contributed by atoms with E-state index >= 15 is 35.1 Å². The van der Waals surface area contributed by atoms with Gasteiger partial charge in [-0.1, -0.05) is 52.7 Å². The van der Waals surface area contributed by atoms with Crippen LogP contribution in [0.3, 0.4) is 0 Å². The molecule has 0 aliphatic heterocycles. The summed E-state index contributed by atoms with van der Waals surface area (Å²) in [7, 11) is -2.55. The molecule has 0 fully saturated rings. The van der Waals surface area contributed by atoms with Crippen molar-refractivity contribution in [2.75, 3.05) is 6.61 Å². The molecular formula is C47H21BF20O2S. The quantitative estimate of drug-likeness (QED) is 0.0360. The Kier molecular flexibility index (Phi) is 15.4. The van der Waals surface area contributed by atoms with Gasteiger partial charge in [0.15, 0.2) is 95.6 Å². The minimum absolute atomic E-state index is 0.378. The maximum Gasteiger partial charge on any atom is 0.200 e. The van der Waals surface area contributed by atoms with E-state index in [1.165, 1.54) is 0 Å². The summed E-state index contributed by atoms with van der Waals surface area (Å²) in [6, 6.07) is 26.9. The highest BCUT2D eigenvalue weighted by Gasteiger charge is 2.52. The zero-order chi connectivity index (χ0) is 52.6. The molecule has 71 heavy (non-hydrogen) atoms. The molecule has 7 rings (SSSR count). The average Bonchev–Trinajstić information content (AvgIpc) is 3.37. The first kappa shape index (κ1) is 53.1. The zero-order valence-corrected chi connectivity index (χ0v) is 35.7. The highest BCUT2D eigenvalue weighted by Crippen LogP contribution is 2.31. The number of hydrogen-bond acceptors (Lipinski definition) is 2. The fraction of sp³-hybridized carbons (Fsp3) is 0.0638. The number of ether oxygens (including phenoxy) is 1. The van der Waals surface area contributed by atoms with Gasteiger partial charge in [0.25, 0.3) is 0 Å². The van der Waals surface area contributed by atoms with Crippen molar-refractivity contribution >= 4 is 37.9 Å². The fourth-order valence-electron chi connectivity index (χ4n) is 7.44. The van der Waals surface area contributed by atoms with E-state index in [1.807, 2.05) is 91.9 Å². The van der Waals surface area contributed by atoms with Crippen molar-refractivity contribution in [2.45, 2.75) is 17.6 Å². The van der Waals surface area contributed by atoms with Crippen LogP contribution in [0.5, 0.6) is 5.75 Å². The average molecular weight is 1040 g/mol. The van der Waals surface area contributed by atoms with Crippen LogP contribution in [-0.4, -0.2) is 12.8 Å². The summed E-state index contributed by atoms with van der Waals surface area (Å²) in [5.41, 5.74) is -12.5. The number of halogens is 20. The first-order chi connectivity index (χ1) is 33.4. The fourth-order valence-corrected chi connectivity index (χ4v) is 9.34. The lowest BCUT2D eigenvalue weighted by atomic mass is 9.12. The molecule has 2 nitrogen and oxygen atoms in total. The summed E-state index contributed by atoms with van der Waals surface area (Å²) >= 11 is 0. The second-order valence-electron chi connectivity index (χ2n) is 14.6. The van der Waals surface area contributed by atoms with Gasteiger partial charge >= 0.3 is 0 Å². The van der Waals surface area contributed by atoms with Crippen LogP contribution in [0.2, 0.25) is 0 Å².